The zero-order valence-electron chi connectivity index (χ0n) is 11.8. The van der Waals surface area contributed by atoms with Crippen molar-refractivity contribution in [3.05, 3.63) is 58.6 Å². The maximum Gasteiger partial charge on any atom is 0.254 e. The fourth-order valence-corrected chi connectivity index (χ4v) is 2.61. The molecule has 1 aliphatic rings. The molecule has 108 valence electrons. The summed E-state index contributed by atoms with van der Waals surface area (Å²) in [5.74, 6) is -0.117. The van der Waals surface area contributed by atoms with Gasteiger partial charge < -0.3 is 5.32 Å². The first-order valence-corrected chi connectivity index (χ1v) is 7.29. The Morgan fingerprint density at radius 3 is 2.67 bits per heavy atom. The van der Waals surface area contributed by atoms with E-state index in [-0.39, 0.29) is 11.3 Å². The van der Waals surface area contributed by atoms with Gasteiger partial charge in [0, 0.05) is 23.2 Å². The van der Waals surface area contributed by atoms with E-state index in [1.165, 1.54) is 11.9 Å². The van der Waals surface area contributed by atoms with Gasteiger partial charge in [0.1, 0.15) is 6.33 Å². The van der Waals surface area contributed by atoms with Crippen LogP contribution in [-0.2, 0) is 5.41 Å². The number of amides is 1. The van der Waals surface area contributed by atoms with Crippen LogP contribution in [0.3, 0.4) is 0 Å². The van der Waals surface area contributed by atoms with Crippen LogP contribution in [0.5, 0.6) is 0 Å². The van der Waals surface area contributed by atoms with Crippen LogP contribution in [0.2, 0.25) is 5.02 Å². The Morgan fingerprint density at radius 1 is 1.33 bits per heavy atom. The Labute approximate surface area is 128 Å². The van der Waals surface area contributed by atoms with Gasteiger partial charge in [0.2, 0.25) is 0 Å². The highest BCUT2D eigenvalue weighted by atomic mass is 35.5. The smallest absolute Gasteiger partial charge is 0.254 e. The van der Waals surface area contributed by atoms with Crippen molar-refractivity contribution >= 4 is 17.5 Å². The first-order valence-electron chi connectivity index (χ1n) is 6.92. The summed E-state index contributed by atoms with van der Waals surface area (Å²) in [5, 5.41) is 3.74. The molecule has 0 radical (unpaired) electrons. The molecule has 1 saturated carbocycles. The lowest BCUT2D eigenvalue weighted by Crippen LogP contribution is -2.32. The van der Waals surface area contributed by atoms with E-state index < -0.39 is 0 Å². The molecule has 0 bridgehead atoms. The molecular formula is C16H16ClN3O. The third-order valence-electron chi connectivity index (χ3n) is 4.05. The summed E-state index contributed by atoms with van der Waals surface area (Å²) in [6.45, 7) is 2.44. The first kappa shape index (κ1) is 14.0. The van der Waals surface area contributed by atoms with Gasteiger partial charge in [-0.15, -0.1) is 0 Å². The van der Waals surface area contributed by atoms with E-state index in [9.17, 15) is 4.79 Å². The van der Waals surface area contributed by atoms with Crippen LogP contribution in [0.25, 0.3) is 0 Å². The van der Waals surface area contributed by atoms with Crippen molar-refractivity contribution < 1.29 is 4.79 Å². The Kier molecular flexibility index (Phi) is 3.64. The Bertz CT molecular complexity index is 665. The molecule has 1 aromatic heterocycles. The highest BCUT2D eigenvalue weighted by molar-refractivity contribution is 6.30. The molecule has 1 aliphatic carbocycles. The molecule has 1 amide bonds. The van der Waals surface area contributed by atoms with Gasteiger partial charge in [-0.2, -0.15) is 0 Å². The van der Waals surface area contributed by atoms with Crippen LogP contribution in [-0.4, -0.2) is 22.4 Å². The standard InChI is InChI=1S/C16H16ClN3O/c1-11-14(8-18-10-20-11)15(21)19-9-16(6-7-16)12-2-4-13(17)5-3-12/h2-5,8,10H,6-7,9H2,1H3,(H,19,21). The second-order valence-corrected chi connectivity index (χ2v) is 5.93. The van der Waals surface area contributed by atoms with E-state index in [2.05, 4.69) is 15.3 Å². The maximum absolute atomic E-state index is 12.2. The lowest BCUT2D eigenvalue weighted by Gasteiger charge is -2.17. The zero-order valence-corrected chi connectivity index (χ0v) is 12.5. The molecule has 0 saturated heterocycles. The molecule has 1 aromatic carbocycles. The summed E-state index contributed by atoms with van der Waals surface area (Å²) in [6, 6.07) is 7.87. The molecule has 0 unspecified atom stereocenters. The molecule has 1 N–H and O–H groups in total. The largest absolute Gasteiger partial charge is 0.351 e. The van der Waals surface area contributed by atoms with Crippen molar-refractivity contribution in [1.29, 1.82) is 0 Å². The van der Waals surface area contributed by atoms with Crippen LogP contribution in [0.4, 0.5) is 0 Å². The number of hydrogen-bond acceptors (Lipinski definition) is 3. The molecule has 3 rings (SSSR count). The van der Waals surface area contributed by atoms with Crippen LogP contribution < -0.4 is 5.32 Å². The highest BCUT2D eigenvalue weighted by Gasteiger charge is 2.44. The topological polar surface area (TPSA) is 54.9 Å². The SMILES string of the molecule is Cc1ncncc1C(=O)NCC1(c2ccc(Cl)cc2)CC1. The van der Waals surface area contributed by atoms with Gasteiger partial charge >= 0.3 is 0 Å². The third-order valence-corrected chi connectivity index (χ3v) is 4.31. The molecule has 2 aromatic rings. The summed E-state index contributed by atoms with van der Waals surface area (Å²) >= 11 is 5.92. The van der Waals surface area contributed by atoms with E-state index in [1.54, 1.807) is 6.20 Å². The molecule has 1 heterocycles. The predicted molar refractivity (Wildman–Crippen MR) is 81.5 cm³/mol. The minimum Gasteiger partial charge on any atom is -0.351 e. The number of carbonyl (C=O) groups is 1. The minimum atomic E-state index is -0.117. The number of benzene rings is 1. The minimum absolute atomic E-state index is 0.0593. The van der Waals surface area contributed by atoms with Gasteiger partial charge in [-0.3, -0.25) is 4.79 Å². The normalized spacial score (nSPS) is 15.5. The number of aromatic nitrogens is 2. The van der Waals surface area contributed by atoms with Gasteiger partial charge in [0.15, 0.2) is 0 Å². The molecule has 0 atom stereocenters. The Hall–Kier alpha value is -1.94. The Balaban J connectivity index is 1.69. The highest BCUT2D eigenvalue weighted by Crippen LogP contribution is 2.47. The number of carbonyl (C=O) groups excluding carboxylic acids is 1. The van der Waals surface area contributed by atoms with Crippen molar-refractivity contribution in [2.75, 3.05) is 6.54 Å². The number of nitrogens with one attached hydrogen (secondary N) is 1. The first-order chi connectivity index (χ1) is 10.1. The van der Waals surface area contributed by atoms with Gasteiger partial charge in [-0.05, 0) is 37.5 Å². The number of rotatable bonds is 4. The lowest BCUT2D eigenvalue weighted by atomic mass is 9.96. The number of halogens is 1. The summed E-state index contributed by atoms with van der Waals surface area (Å²) in [7, 11) is 0. The van der Waals surface area contributed by atoms with Crippen molar-refractivity contribution in [2.45, 2.75) is 25.2 Å². The summed E-state index contributed by atoms with van der Waals surface area (Å²) in [6.07, 6.45) is 5.17. The van der Waals surface area contributed by atoms with E-state index >= 15 is 0 Å². The second-order valence-electron chi connectivity index (χ2n) is 5.49. The van der Waals surface area contributed by atoms with Crippen molar-refractivity contribution in [3.8, 4) is 0 Å². The average molecular weight is 302 g/mol. The van der Waals surface area contributed by atoms with Gasteiger partial charge in [0.25, 0.3) is 5.91 Å². The predicted octanol–water partition coefficient (Wildman–Crippen LogP) is 2.90. The molecule has 21 heavy (non-hydrogen) atoms. The van der Waals surface area contributed by atoms with E-state index in [0.717, 1.165) is 17.9 Å². The average Bonchev–Trinajstić information content (AvgIpc) is 3.27. The van der Waals surface area contributed by atoms with Crippen LogP contribution >= 0.6 is 11.6 Å². The molecule has 0 aliphatic heterocycles. The summed E-state index contributed by atoms with van der Waals surface area (Å²) in [5.41, 5.74) is 2.51. The number of nitrogens with zero attached hydrogens (tertiary/aromatic N) is 2. The maximum atomic E-state index is 12.2. The van der Waals surface area contributed by atoms with Crippen molar-refractivity contribution in [1.82, 2.24) is 15.3 Å². The quantitative estimate of drug-likeness (QED) is 0.944. The summed E-state index contributed by atoms with van der Waals surface area (Å²) in [4.78, 5) is 20.2. The molecule has 4 nitrogen and oxygen atoms in total. The monoisotopic (exact) mass is 301 g/mol. The third kappa shape index (κ3) is 2.90. The molecule has 0 spiro atoms. The Morgan fingerprint density at radius 2 is 2.05 bits per heavy atom. The van der Waals surface area contributed by atoms with Gasteiger partial charge in [0.05, 0.1) is 11.3 Å². The van der Waals surface area contributed by atoms with E-state index in [1.807, 2.05) is 31.2 Å². The van der Waals surface area contributed by atoms with E-state index in [4.69, 9.17) is 11.6 Å². The molecule has 1 fully saturated rings. The molecule has 5 heteroatoms. The summed E-state index contributed by atoms with van der Waals surface area (Å²) < 4.78 is 0. The lowest BCUT2D eigenvalue weighted by molar-refractivity contribution is 0.0948. The van der Waals surface area contributed by atoms with Crippen molar-refractivity contribution in [2.24, 2.45) is 0 Å². The van der Waals surface area contributed by atoms with Crippen LogP contribution in [0, 0.1) is 6.92 Å². The van der Waals surface area contributed by atoms with Gasteiger partial charge in [-0.1, -0.05) is 23.7 Å². The fourth-order valence-electron chi connectivity index (χ4n) is 2.48. The van der Waals surface area contributed by atoms with E-state index in [0.29, 0.717) is 17.8 Å². The fraction of sp³-hybridized carbons (Fsp3) is 0.312. The van der Waals surface area contributed by atoms with Crippen LogP contribution in [0.15, 0.2) is 36.8 Å². The van der Waals surface area contributed by atoms with Crippen molar-refractivity contribution in [3.63, 3.8) is 0 Å². The zero-order chi connectivity index (χ0) is 14.9. The molecular weight excluding hydrogens is 286 g/mol. The van der Waals surface area contributed by atoms with Crippen LogP contribution in [0.1, 0.15) is 34.5 Å². The number of aryl methyl sites for hydroxylation is 1. The number of hydrogen-bond donors (Lipinski definition) is 1. The second kappa shape index (κ2) is 5.45. The van der Waals surface area contributed by atoms with Gasteiger partial charge in [-0.25, -0.2) is 9.97 Å².